The fraction of sp³-hybridized carbons (Fsp3) is 0.467. The molecule has 0 aliphatic rings. The van der Waals surface area contributed by atoms with Crippen LogP contribution in [0.4, 0.5) is 4.79 Å². The Balaban J connectivity index is 2.60. The van der Waals surface area contributed by atoms with Crippen molar-refractivity contribution in [3.8, 4) is 5.75 Å². The van der Waals surface area contributed by atoms with Gasteiger partial charge in [0, 0.05) is 10.9 Å². The summed E-state index contributed by atoms with van der Waals surface area (Å²) in [7, 11) is 0. The molecule has 21 heavy (non-hydrogen) atoms. The first kappa shape index (κ1) is 17.3. The first-order valence-corrected chi connectivity index (χ1v) is 7.02. The summed E-state index contributed by atoms with van der Waals surface area (Å²) in [5, 5.41) is 0.529. The van der Waals surface area contributed by atoms with Crippen molar-refractivity contribution in [2.24, 2.45) is 11.8 Å². The van der Waals surface area contributed by atoms with Crippen LogP contribution < -0.4 is 4.74 Å². The lowest BCUT2D eigenvalue weighted by Crippen LogP contribution is -2.32. The Morgan fingerprint density at radius 3 is 2.05 bits per heavy atom. The van der Waals surface area contributed by atoms with Gasteiger partial charge in [-0.1, -0.05) is 39.3 Å². The highest BCUT2D eigenvalue weighted by atomic mass is 35.5. The molecule has 1 aromatic carbocycles. The fourth-order valence-corrected chi connectivity index (χ4v) is 1.39. The zero-order chi connectivity index (χ0) is 16.0. The van der Waals surface area contributed by atoms with E-state index in [1.54, 1.807) is 39.8 Å². The van der Waals surface area contributed by atoms with Crippen LogP contribution in [0.2, 0.25) is 5.02 Å². The molecular weight excluding hydrogens is 296 g/mol. The molecule has 5 nitrogen and oxygen atoms in total. The minimum absolute atomic E-state index is 0.189. The summed E-state index contributed by atoms with van der Waals surface area (Å²) in [6, 6.07) is 6.24. The molecule has 1 atom stereocenters. The van der Waals surface area contributed by atoms with E-state index < -0.39 is 18.4 Å². The molecule has 0 saturated carbocycles. The number of hydrogen-bond acceptors (Lipinski definition) is 5. The highest BCUT2D eigenvalue weighted by Gasteiger charge is 2.25. The van der Waals surface area contributed by atoms with Gasteiger partial charge in [-0.3, -0.25) is 4.79 Å². The molecule has 1 aromatic rings. The van der Waals surface area contributed by atoms with Gasteiger partial charge in [0.25, 0.3) is 6.29 Å². The quantitative estimate of drug-likeness (QED) is 0.466. The zero-order valence-electron chi connectivity index (χ0n) is 12.5. The molecule has 0 fully saturated rings. The summed E-state index contributed by atoms with van der Waals surface area (Å²) in [6.45, 7) is 6.94. The van der Waals surface area contributed by atoms with Crippen LogP contribution in [0, 0.1) is 11.8 Å². The zero-order valence-corrected chi connectivity index (χ0v) is 13.2. The van der Waals surface area contributed by atoms with Crippen LogP contribution in [0.15, 0.2) is 24.3 Å². The molecule has 1 rings (SSSR count). The lowest BCUT2D eigenvalue weighted by atomic mass is 10.2. The Kier molecular flexibility index (Phi) is 6.49. The van der Waals surface area contributed by atoms with Gasteiger partial charge >= 0.3 is 12.1 Å². The van der Waals surface area contributed by atoms with E-state index in [1.807, 2.05) is 0 Å². The lowest BCUT2D eigenvalue weighted by molar-refractivity contribution is -0.180. The second kappa shape index (κ2) is 7.88. The van der Waals surface area contributed by atoms with Crippen molar-refractivity contribution < 1.29 is 23.8 Å². The summed E-state index contributed by atoms with van der Waals surface area (Å²) in [4.78, 5) is 23.3. The van der Waals surface area contributed by atoms with E-state index >= 15 is 0 Å². The monoisotopic (exact) mass is 314 g/mol. The molecule has 0 spiro atoms. The van der Waals surface area contributed by atoms with E-state index in [1.165, 1.54) is 12.1 Å². The number of benzene rings is 1. The summed E-state index contributed by atoms with van der Waals surface area (Å²) < 4.78 is 15.1. The minimum Gasteiger partial charge on any atom is -0.425 e. The first-order valence-electron chi connectivity index (χ1n) is 6.64. The molecule has 0 saturated heterocycles. The van der Waals surface area contributed by atoms with Crippen LogP contribution in [0.1, 0.15) is 27.7 Å². The van der Waals surface area contributed by atoms with E-state index in [0.717, 1.165) is 0 Å². The van der Waals surface area contributed by atoms with Gasteiger partial charge in [-0.2, -0.15) is 0 Å². The molecule has 0 bridgehead atoms. The Labute approximate surface area is 129 Å². The minimum atomic E-state index is -0.986. The Morgan fingerprint density at radius 2 is 1.57 bits per heavy atom. The van der Waals surface area contributed by atoms with Gasteiger partial charge in [0.15, 0.2) is 0 Å². The van der Waals surface area contributed by atoms with E-state index in [2.05, 4.69) is 0 Å². The van der Waals surface area contributed by atoms with Crippen molar-refractivity contribution in [1.29, 1.82) is 0 Å². The van der Waals surface area contributed by atoms with E-state index in [4.69, 9.17) is 25.8 Å². The smallest absolute Gasteiger partial charge is 0.425 e. The average Bonchev–Trinajstić information content (AvgIpc) is 2.40. The van der Waals surface area contributed by atoms with E-state index in [0.29, 0.717) is 10.8 Å². The fourth-order valence-electron chi connectivity index (χ4n) is 1.26. The number of esters is 1. The van der Waals surface area contributed by atoms with Gasteiger partial charge in [-0.15, -0.1) is 0 Å². The molecule has 0 aliphatic heterocycles. The van der Waals surface area contributed by atoms with Crippen molar-refractivity contribution in [2.45, 2.75) is 34.0 Å². The van der Waals surface area contributed by atoms with Crippen molar-refractivity contribution in [3.63, 3.8) is 0 Å². The molecule has 1 unspecified atom stereocenters. The van der Waals surface area contributed by atoms with E-state index in [-0.39, 0.29) is 11.8 Å². The van der Waals surface area contributed by atoms with Gasteiger partial charge in [0.2, 0.25) is 0 Å². The number of hydrogen-bond donors (Lipinski definition) is 0. The number of rotatable bonds is 5. The molecule has 0 aromatic heterocycles. The third kappa shape index (κ3) is 6.04. The van der Waals surface area contributed by atoms with Gasteiger partial charge in [-0.25, -0.2) is 4.79 Å². The van der Waals surface area contributed by atoms with E-state index in [9.17, 15) is 9.59 Å². The molecule has 0 N–H and O–H groups in total. The van der Waals surface area contributed by atoms with Crippen LogP contribution in [0.25, 0.3) is 0 Å². The lowest BCUT2D eigenvalue weighted by Gasteiger charge is -2.21. The summed E-state index contributed by atoms with van der Waals surface area (Å²) in [5.74, 6) is -0.636. The normalized spacial score (nSPS) is 12.1. The summed E-state index contributed by atoms with van der Waals surface area (Å²) in [6.07, 6.45) is -1.92. The molecule has 0 heterocycles. The Bertz CT molecular complexity index is 481. The highest BCUT2D eigenvalue weighted by Crippen LogP contribution is 2.17. The first-order chi connectivity index (χ1) is 9.79. The van der Waals surface area contributed by atoms with Crippen molar-refractivity contribution in [2.75, 3.05) is 0 Å². The maximum absolute atomic E-state index is 11.7. The second-order valence-corrected chi connectivity index (χ2v) is 5.56. The number of halogens is 1. The third-order valence-corrected chi connectivity index (χ3v) is 2.73. The van der Waals surface area contributed by atoms with Crippen LogP contribution in [0.3, 0.4) is 0 Å². The third-order valence-electron chi connectivity index (χ3n) is 2.48. The van der Waals surface area contributed by atoms with Gasteiger partial charge < -0.3 is 14.2 Å². The standard InChI is InChI=1S/C15H19ClO5/c1-9(2)13(17)20-14(10(3)4)21-15(18)19-12-7-5-11(16)6-8-12/h5-10,14H,1-4H3. The largest absolute Gasteiger partial charge is 0.516 e. The Hall–Kier alpha value is -1.75. The summed E-state index contributed by atoms with van der Waals surface area (Å²) in [5.41, 5.74) is 0. The molecule has 6 heteroatoms. The molecule has 0 aliphatic carbocycles. The second-order valence-electron chi connectivity index (χ2n) is 5.13. The maximum atomic E-state index is 11.7. The highest BCUT2D eigenvalue weighted by molar-refractivity contribution is 6.30. The average molecular weight is 315 g/mol. The molecule has 0 amide bonds. The number of carbonyl (C=O) groups is 2. The van der Waals surface area contributed by atoms with Crippen molar-refractivity contribution >= 4 is 23.7 Å². The van der Waals surface area contributed by atoms with Gasteiger partial charge in [0.05, 0.1) is 5.92 Å². The van der Waals surface area contributed by atoms with Crippen LogP contribution in [0.5, 0.6) is 5.75 Å². The summed E-state index contributed by atoms with van der Waals surface area (Å²) >= 11 is 5.73. The Morgan fingerprint density at radius 1 is 1.00 bits per heavy atom. The van der Waals surface area contributed by atoms with Gasteiger partial charge in [-0.05, 0) is 24.3 Å². The van der Waals surface area contributed by atoms with Gasteiger partial charge in [0.1, 0.15) is 5.75 Å². The van der Waals surface area contributed by atoms with Crippen LogP contribution in [-0.2, 0) is 14.3 Å². The predicted molar refractivity (Wildman–Crippen MR) is 78.1 cm³/mol. The molecule has 116 valence electrons. The van der Waals surface area contributed by atoms with Crippen molar-refractivity contribution in [3.05, 3.63) is 29.3 Å². The van der Waals surface area contributed by atoms with Crippen molar-refractivity contribution in [1.82, 2.24) is 0 Å². The topological polar surface area (TPSA) is 61.8 Å². The maximum Gasteiger partial charge on any atom is 0.516 e. The SMILES string of the molecule is CC(C)C(=O)OC(OC(=O)Oc1ccc(Cl)cc1)C(C)C. The number of carbonyl (C=O) groups excluding carboxylic acids is 2. The molecule has 0 radical (unpaired) electrons. The predicted octanol–water partition coefficient (Wildman–Crippen LogP) is 4.04. The van der Waals surface area contributed by atoms with Crippen LogP contribution in [-0.4, -0.2) is 18.4 Å². The molecular formula is C15H19ClO5. The number of ether oxygens (including phenoxy) is 3. The van der Waals surface area contributed by atoms with Crippen LogP contribution >= 0.6 is 11.6 Å².